The molecule has 0 saturated heterocycles. The molecule has 0 saturated carbocycles. The highest BCUT2D eigenvalue weighted by Crippen LogP contribution is 2.26. The fourth-order valence-corrected chi connectivity index (χ4v) is 2.37. The van der Waals surface area contributed by atoms with Crippen LogP contribution < -0.4 is 0 Å². The highest BCUT2D eigenvalue weighted by atomic mass is 35.5. The maximum atomic E-state index is 12.1. The third-order valence-corrected chi connectivity index (χ3v) is 3.60. The molecule has 0 aliphatic heterocycles. The van der Waals surface area contributed by atoms with E-state index in [9.17, 15) is 14.9 Å². The van der Waals surface area contributed by atoms with Gasteiger partial charge in [0.25, 0.3) is 5.69 Å². The van der Waals surface area contributed by atoms with Crippen LogP contribution in [0.5, 0.6) is 0 Å². The molecule has 2 aromatic carbocycles. The van der Waals surface area contributed by atoms with Crippen molar-refractivity contribution in [2.45, 2.75) is 20.0 Å². The number of ether oxygens (including phenoxy) is 1. The number of hydrogen-bond acceptors (Lipinski definition) is 4. The Balaban J connectivity index is 2.17. The second-order valence-electron chi connectivity index (χ2n) is 4.83. The lowest BCUT2D eigenvalue weighted by Crippen LogP contribution is -2.10. The van der Waals surface area contributed by atoms with Crippen molar-refractivity contribution in [1.29, 1.82) is 0 Å². The topological polar surface area (TPSA) is 69.4 Å². The molecule has 0 aromatic heterocycles. The van der Waals surface area contributed by atoms with Crippen molar-refractivity contribution in [2.75, 3.05) is 0 Å². The zero-order valence-corrected chi connectivity index (χ0v) is 12.8. The SMILES string of the molecule is Cc1cc(C(=O)O[C@H](C)c2ccccc2Cl)ccc1[N+](=O)[O-]. The van der Waals surface area contributed by atoms with Crippen LogP contribution in [0.4, 0.5) is 5.69 Å². The van der Waals surface area contributed by atoms with E-state index in [-0.39, 0.29) is 11.3 Å². The first-order chi connectivity index (χ1) is 10.4. The molecule has 2 rings (SSSR count). The number of esters is 1. The fraction of sp³-hybridized carbons (Fsp3) is 0.188. The van der Waals surface area contributed by atoms with Gasteiger partial charge in [0.1, 0.15) is 6.10 Å². The van der Waals surface area contributed by atoms with Crippen molar-refractivity contribution in [3.05, 3.63) is 74.3 Å². The number of halogens is 1. The summed E-state index contributed by atoms with van der Waals surface area (Å²) in [6.07, 6.45) is -0.517. The lowest BCUT2D eigenvalue weighted by molar-refractivity contribution is -0.385. The Morgan fingerprint density at radius 3 is 2.55 bits per heavy atom. The number of nitrogens with zero attached hydrogens (tertiary/aromatic N) is 1. The average molecular weight is 320 g/mol. The van der Waals surface area contributed by atoms with Crippen LogP contribution in [0.25, 0.3) is 0 Å². The molecule has 114 valence electrons. The maximum Gasteiger partial charge on any atom is 0.338 e. The highest BCUT2D eigenvalue weighted by Gasteiger charge is 2.18. The van der Waals surface area contributed by atoms with E-state index in [4.69, 9.17) is 16.3 Å². The molecular weight excluding hydrogens is 306 g/mol. The van der Waals surface area contributed by atoms with Gasteiger partial charge in [-0.25, -0.2) is 4.79 Å². The molecular formula is C16H14ClNO4. The number of nitro groups is 1. The Labute approximate surface area is 132 Å². The van der Waals surface area contributed by atoms with Gasteiger partial charge in [0.2, 0.25) is 0 Å². The largest absolute Gasteiger partial charge is 0.454 e. The summed E-state index contributed by atoms with van der Waals surface area (Å²) in [7, 11) is 0. The van der Waals surface area contributed by atoms with Crippen LogP contribution in [0, 0.1) is 17.0 Å². The first-order valence-electron chi connectivity index (χ1n) is 6.60. The van der Waals surface area contributed by atoms with E-state index in [1.807, 2.05) is 6.07 Å². The standard InChI is InChI=1S/C16H14ClNO4/c1-10-9-12(7-8-15(10)18(20)21)16(19)22-11(2)13-5-3-4-6-14(13)17/h3-9,11H,1-2H3/t11-/m1/s1. The third-order valence-electron chi connectivity index (χ3n) is 3.26. The van der Waals surface area contributed by atoms with E-state index >= 15 is 0 Å². The Bertz CT molecular complexity index is 730. The number of aryl methyl sites for hydroxylation is 1. The monoisotopic (exact) mass is 319 g/mol. The summed E-state index contributed by atoms with van der Waals surface area (Å²) < 4.78 is 5.37. The van der Waals surface area contributed by atoms with Gasteiger partial charge in [-0.2, -0.15) is 0 Å². The Kier molecular flexibility index (Phi) is 4.78. The molecule has 0 spiro atoms. The van der Waals surface area contributed by atoms with Gasteiger partial charge in [-0.15, -0.1) is 0 Å². The molecule has 0 aliphatic carbocycles. The number of benzene rings is 2. The van der Waals surface area contributed by atoms with Crippen LogP contribution in [0.15, 0.2) is 42.5 Å². The minimum atomic E-state index is -0.551. The lowest BCUT2D eigenvalue weighted by Gasteiger charge is -2.15. The predicted octanol–water partition coefficient (Wildman–Crippen LogP) is 4.47. The van der Waals surface area contributed by atoms with E-state index in [0.29, 0.717) is 16.1 Å². The maximum absolute atomic E-state index is 12.1. The molecule has 0 bridgehead atoms. The van der Waals surface area contributed by atoms with Crippen molar-refractivity contribution < 1.29 is 14.5 Å². The molecule has 0 aliphatic rings. The minimum Gasteiger partial charge on any atom is -0.454 e. The Morgan fingerprint density at radius 2 is 1.95 bits per heavy atom. The number of carbonyl (C=O) groups excluding carboxylic acids is 1. The van der Waals surface area contributed by atoms with Gasteiger partial charge in [-0.3, -0.25) is 10.1 Å². The van der Waals surface area contributed by atoms with Gasteiger partial charge < -0.3 is 4.74 Å². The van der Waals surface area contributed by atoms with Gasteiger partial charge in [0.05, 0.1) is 10.5 Å². The molecule has 22 heavy (non-hydrogen) atoms. The van der Waals surface area contributed by atoms with Crippen LogP contribution in [-0.4, -0.2) is 10.9 Å². The van der Waals surface area contributed by atoms with Crippen LogP contribution in [0.1, 0.15) is 34.5 Å². The zero-order valence-electron chi connectivity index (χ0n) is 12.1. The molecule has 6 heteroatoms. The summed E-state index contributed by atoms with van der Waals surface area (Å²) in [5.74, 6) is -0.551. The summed E-state index contributed by atoms with van der Waals surface area (Å²) in [6.45, 7) is 3.30. The molecule has 0 fully saturated rings. The first-order valence-corrected chi connectivity index (χ1v) is 6.98. The summed E-state index contributed by atoms with van der Waals surface area (Å²) in [4.78, 5) is 22.4. The van der Waals surface area contributed by atoms with E-state index in [0.717, 1.165) is 0 Å². The van der Waals surface area contributed by atoms with Crippen molar-refractivity contribution in [3.63, 3.8) is 0 Å². The molecule has 5 nitrogen and oxygen atoms in total. The average Bonchev–Trinajstić information content (AvgIpc) is 2.46. The number of nitro benzene ring substituents is 1. The lowest BCUT2D eigenvalue weighted by atomic mass is 10.1. The molecule has 1 atom stereocenters. The summed E-state index contributed by atoms with van der Waals surface area (Å²) in [6, 6.07) is 11.2. The molecule has 0 N–H and O–H groups in total. The fourth-order valence-electron chi connectivity index (χ4n) is 2.08. The first kappa shape index (κ1) is 16.0. The van der Waals surface area contributed by atoms with Crippen LogP contribution in [0.3, 0.4) is 0 Å². The van der Waals surface area contributed by atoms with E-state index < -0.39 is 17.0 Å². The second kappa shape index (κ2) is 6.58. The molecule has 0 heterocycles. The number of hydrogen-bond donors (Lipinski definition) is 0. The third kappa shape index (κ3) is 3.43. The van der Waals surface area contributed by atoms with Gasteiger partial charge in [-0.05, 0) is 32.0 Å². The Morgan fingerprint density at radius 1 is 1.27 bits per heavy atom. The van der Waals surface area contributed by atoms with Crippen molar-refractivity contribution in [3.8, 4) is 0 Å². The van der Waals surface area contributed by atoms with Gasteiger partial charge in [0.15, 0.2) is 0 Å². The molecule has 0 unspecified atom stereocenters. The number of rotatable bonds is 4. The quantitative estimate of drug-likeness (QED) is 0.473. The number of carbonyl (C=O) groups is 1. The molecule has 0 amide bonds. The van der Waals surface area contributed by atoms with E-state index in [1.54, 1.807) is 32.0 Å². The van der Waals surface area contributed by atoms with Gasteiger partial charge in [0, 0.05) is 22.2 Å². The summed E-state index contributed by atoms with van der Waals surface area (Å²) >= 11 is 6.06. The second-order valence-corrected chi connectivity index (χ2v) is 5.23. The zero-order chi connectivity index (χ0) is 16.3. The van der Waals surface area contributed by atoms with Crippen LogP contribution >= 0.6 is 11.6 Å². The van der Waals surface area contributed by atoms with E-state index in [1.165, 1.54) is 18.2 Å². The molecule has 0 radical (unpaired) electrons. The van der Waals surface area contributed by atoms with Crippen molar-refractivity contribution in [1.82, 2.24) is 0 Å². The highest BCUT2D eigenvalue weighted by molar-refractivity contribution is 6.31. The molecule has 2 aromatic rings. The van der Waals surface area contributed by atoms with E-state index in [2.05, 4.69) is 0 Å². The minimum absolute atomic E-state index is 0.0318. The Hall–Kier alpha value is -2.40. The van der Waals surface area contributed by atoms with Gasteiger partial charge >= 0.3 is 5.97 Å². The van der Waals surface area contributed by atoms with Crippen molar-refractivity contribution in [2.24, 2.45) is 0 Å². The summed E-state index contributed by atoms with van der Waals surface area (Å²) in [5, 5.41) is 11.3. The van der Waals surface area contributed by atoms with Crippen LogP contribution in [-0.2, 0) is 4.74 Å². The predicted molar refractivity (Wildman–Crippen MR) is 83.1 cm³/mol. The van der Waals surface area contributed by atoms with Gasteiger partial charge in [-0.1, -0.05) is 29.8 Å². The van der Waals surface area contributed by atoms with Crippen LogP contribution in [0.2, 0.25) is 5.02 Å². The summed E-state index contributed by atoms with van der Waals surface area (Å²) in [5.41, 5.74) is 1.35. The van der Waals surface area contributed by atoms with Crippen molar-refractivity contribution >= 4 is 23.3 Å². The smallest absolute Gasteiger partial charge is 0.338 e. The normalized spacial score (nSPS) is 11.8.